The van der Waals surface area contributed by atoms with Crippen molar-refractivity contribution in [3.8, 4) is 0 Å². The van der Waals surface area contributed by atoms with Crippen LogP contribution in [0.2, 0.25) is 0 Å². The van der Waals surface area contributed by atoms with E-state index in [2.05, 4.69) is 0 Å². The van der Waals surface area contributed by atoms with Crippen molar-refractivity contribution < 1.29 is 13.2 Å². The van der Waals surface area contributed by atoms with Crippen LogP contribution in [0.4, 0.5) is 0 Å². The second-order valence-corrected chi connectivity index (χ2v) is 7.34. The Morgan fingerprint density at radius 1 is 1.45 bits per heavy atom. The minimum atomic E-state index is -3.59. The number of piperidine rings is 1. The predicted molar refractivity (Wildman–Crippen MR) is 76.8 cm³/mol. The first-order valence-corrected chi connectivity index (χ1v) is 8.39. The van der Waals surface area contributed by atoms with Crippen molar-refractivity contribution in [2.24, 2.45) is 5.14 Å². The van der Waals surface area contributed by atoms with E-state index in [0.29, 0.717) is 25.1 Å². The van der Waals surface area contributed by atoms with Gasteiger partial charge in [0, 0.05) is 25.3 Å². The summed E-state index contributed by atoms with van der Waals surface area (Å²) in [4.78, 5) is 14.1. The van der Waals surface area contributed by atoms with E-state index in [9.17, 15) is 13.2 Å². The largest absolute Gasteiger partial charge is 0.341 e. The van der Waals surface area contributed by atoms with E-state index in [1.54, 1.807) is 11.0 Å². The Morgan fingerprint density at radius 2 is 2.15 bits per heavy atom. The highest BCUT2D eigenvalue weighted by Crippen LogP contribution is 2.19. The van der Waals surface area contributed by atoms with E-state index in [4.69, 9.17) is 5.14 Å². The molecule has 1 saturated heterocycles. The minimum absolute atomic E-state index is 0.128. The molecule has 6 nitrogen and oxygen atoms in total. The number of carbonyl (C=O) groups is 1. The predicted octanol–water partition coefficient (Wildman–Crippen LogP) is 0.962. The molecule has 2 rings (SSSR count). The van der Waals surface area contributed by atoms with Gasteiger partial charge in [-0.25, -0.2) is 13.6 Å². The van der Waals surface area contributed by atoms with Gasteiger partial charge in [-0.15, -0.1) is 0 Å². The van der Waals surface area contributed by atoms with Gasteiger partial charge in [0.1, 0.15) is 5.69 Å². The van der Waals surface area contributed by atoms with Crippen LogP contribution in [0.5, 0.6) is 0 Å². The number of aromatic nitrogens is 1. The second-order valence-electron chi connectivity index (χ2n) is 5.50. The summed E-state index contributed by atoms with van der Waals surface area (Å²) >= 11 is 0. The summed E-state index contributed by atoms with van der Waals surface area (Å²) in [5, 5.41) is 4.55. The molecule has 0 bridgehead atoms. The maximum Gasteiger partial charge on any atom is 0.270 e. The molecule has 1 amide bonds. The number of hydrogen-bond donors (Lipinski definition) is 1. The molecule has 1 aromatic heterocycles. The second kappa shape index (κ2) is 5.57. The van der Waals surface area contributed by atoms with Gasteiger partial charge in [-0.1, -0.05) is 0 Å². The molecule has 0 radical (unpaired) electrons. The van der Waals surface area contributed by atoms with Crippen molar-refractivity contribution in [1.82, 2.24) is 9.47 Å². The van der Waals surface area contributed by atoms with E-state index in [1.807, 2.05) is 30.7 Å². The smallest absolute Gasteiger partial charge is 0.270 e. The van der Waals surface area contributed by atoms with Gasteiger partial charge in [0.2, 0.25) is 10.0 Å². The van der Waals surface area contributed by atoms with Crippen LogP contribution in [0.1, 0.15) is 43.2 Å². The third-order valence-electron chi connectivity index (χ3n) is 3.68. The molecule has 1 aliphatic heterocycles. The van der Waals surface area contributed by atoms with Crippen molar-refractivity contribution in [2.45, 2.75) is 38.0 Å². The van der Waals surface area contributed by atoms with Crippen LogP contribution >= 0.6 is 0 Å². The lowest BCUT2D eigenvalue weighted by Gasteiger charge is -2.32. The summed E-state index contributed by atoms with van der Waals surface area (Å²) in [5.74, 6) is -0.128. The average molecular weight is 299 g/mol. The van der Waals surface area contributed by atoms with E-state index in [0.717, 1.165) is 0 Å². The van der Waals surface area contributed by atoms with E-state index in [-0.39, 0.29) is 18.5 Å². The number of rotatable bonds is 3. The first-order valence-electron chi connectivity index (χ1n) is 6.78. The molecule has 1 aliphatic rings. The van der Waals surface area contributed by atoms with Gasteiger partial charge in [0.15, 0.2) is 0 Å². The van der Waals surface area contributed by atoms with Crippen LogP contribution in [0, 0.1) is 0 Å². The van der Waals surface area contributed by atoms with Gasteiger partial charge in [0.05, 0.1) is 5.25 Å². The average Bonchev–Trinajstić information content (AvgIpc) is 2.86. The molecular formula is C13H21N3O3S. The number of carbonyl (C=O) groups excluding carboxylic acids is 1. The van der Waals surface area contributed by atoms with Gasteiger partial charge in [-0.3, -0.25) is 4.79 Å². The Kier molecular flexibility index (Phi) is 4.19. The lowest BCUT2D eigenvalue weighted by atomic mass is 10.1. The standard InChI is InChI=1S/C13H21N3O3S/c1-10(2)16-8-4-6-12(16)13(17)15-7-3-5-11(9-15)20(14,18)19/h4,6,8,10-11H,3,5,7,9H2,1-2H3,(H2,14,18,19). The first kappa shape index (κ1) is 15.1. The molecule has 0 spiro atoms. The number of nitrogens with zero attached hydrogens (tertiary/aromatic N) is 2. The summed E-state index contributed by atoms with van der Waals surface area (Å²) in [6, 6.07) is 3.78. The quantitative estimate of drug-likeness (QED) is 0.902. The SMILES string of the molecule is CC(C)n1cccc1C(=O)N1CCCC(S(N)(=O)=O)C1. The lowest BCUT2D eigenvalue weighted by Crippen LogP contribution is -2.47. The molecule has 2 heterocycles. The van der Waals surface area contributed by atoms with Crippen molar-refractivity contribution in [3.63, 3.8) is 0 Å². The minimum Gasteiger partial charge on any atom is -0.341 e. The lowest BCUT2D eigenvalue weighted by molar-refractivity contribution is 0.0714. The van der Waals surface area contributed by atoms with Crippen LogP contribution in [-0.2, 0) is 10.0 Å². The molecule has 1 fully saturated rings. The van der Waals surface area contributed by atoms with Gasteiger partial charge < -0.3 is 9.47 Å². The van der Waals surface area contributed by atoms with Crippen molar-refractivity contribution in [1.29, 1.82) is 0 Å². The highest BCUT2D eigenvalue weighted by atomic mass is 32.2. The number of hydrogen-bond acceptors (Lipinski definition) is 3. The molecule has 0 aliphatic carbocycles. The molecular weight excluding hydrogens is 278 g/mol. The maximum atomic E-state index is 12.5. The fourth-order valence-electron chi connectivity index (χ4n) is 2.58. The van der Waals surface area contributed by atoms with E-state index >= 15 is 0 Å². The normalized spacial score (nSPS) is 20.4. The van der Waals surface area contributed by atoms with Gasteiger partial charge in [-0.05, 0) is 38.8 Å². The van der Waals surface area contributed by atoms with Gasteiger partial charge >= 0.3 is 0 Å². The van der Waals surface area contributed by atoms with Crippen LogP contribution in [0.15, 0.2) is 18.3 Å². The summed E-state index contributed by atoms with van der Waals surface area (Å²) in [6.07, 6.45) is 3.04. The highest BCUT2D eigenvalue weighted by molar-refractivity contribution is 7.89. The Hall–Kier alpha value is -1.34. The number of primary sulfonamides is 1. The van der Waals surface area contributed by atoms with Crippen molar-refractivity contribution in [2.75, 3.05) is 13.1 Å². The van der Waals surface area contributed by atoms with Crippen LogP contribution < -0.4 is 5.14 Å². The van der Waals surface area contributed by atoms with Gasteiger partial charge in [-0.2, -0.15) is 0 Å². The summed E-state index contributed by atoms with van der Waals surface area (Å²) in [5.41, 5.74) is 0.593. The molecule has 7 heteroatoms. The van der Waals surface area contributed by atoms with Crippen LogP contribution in [0.3, 0.4) is 0 Å². The topological polar surface area (TPSA) is 85.4 Å². The zero-order valence-corrected chi connectivity index (χ0v) is 12.6. The third kappa shape index (κ3) is 3.04. The summed E-state index contributed by atoms with van der Waals surface area (Å²) in [7, 11) is -3.59. The van der Waals surface area contributed by atoms with Crippen molar-refractivity contribution >= 4 is 15.9 Å². The van der Waals surface area contributed by atoms with Crippen LogP contribution in [0.25, 0.3) is 0 Å². The third-order valence-corrected chi connectivity index (χ3v) is 5.00. The molecule has 112 valence electrons. The Morgan fingerprint density at radius 3 is 2.75 bits per heavy atom. The number of nitrogens with two attached hydrogens (primary N) is 1. The molecule has 1 aromatic rings. The Bertz CT molecular complexity index is 592. The number of sulfonamides is 1. The van der Waals surface area contributed by atoms with Crippen LogP contribution in [-0.4, -0.2) is 42.1 Å². The van der Waals surface area contributed by atoms with Gasteiger partial charge in [0.25, 0.3) is 5.91 Å². The summed E-state index contributed by atoms with van der Waals surface area (Å²) < 4.78 is 24.8. The van der Waals surface area contributed by atoms with E-state index in [1.165, 1.54) is 0 Å². The first-order chi connectivity index (χ1) is 9.30. The fraction of sp³-hybridized carbons (Fsp3) is 0.615. The zero-order valence-electron chi connectivity index (χ0n) is 11.8. The highest BCUT2D eigenvalue weighted by Gasteiger charge is 2.31. The maximum absolute atomic E-state index is 12.5. The van der Waals surface area contributed by atoms with Crippen molar-refractivity contribution in [3.05, 3.63) is 24.0 Å². The number of likely N-dealkylation sites (tertiary alicyclic amines) is 1. The fourth-order valence-corrected chi connectivity index (χ4v) is 3.46. The molecule has 0 saturated carbocycles. The Labute approximate surface area is 119 Å². The van der Waals surface area contributed by atoms with E-state index < -0.39 is 15.3 Å². The molecule has 1 unspecified atom stereocenters. The molecule has 0 aromatic carbocycles. The summed E-state index contributed by atoms with van der Waals surface area (Å²) in [6.45, 7) is 4.76. The number of amides is 1. The monoisotopic (exact) mass is 299 g/mol. The Balaban J connectivity index is 2.19. The zero-order chi connectivity index (χ0) is 14.9. The molecule has 2 N–H and O–H groups in total. The molecule has 1 atom stereocenters. The molecule has 20 heavy (non-hydrogen) atoms.